The standard InChI is InChI=1S/C16H18N2O/c1-2-3-13-4-6-14(7-5-13)12-18-16(19)15-8-10-17-11-9-15/h4-11H,2-3,12H2,1H3,(H,18,19). The van der Waals surface area contributed by atoms with Crippen LogP contribution in [0.15, 0.2) is 48.8 Å². The first-order valence-corrected chi connectivity index (χ1v) is 6.55. The Bertz CT molecular complexity index is 520. The number of amides is 1. The number of rotatable bonds is 5. The molecule has 0 unspecified atom stereocenters. The van der Waals surface area contributed by atoms with Gasteiger partial charge in [-0.3, -0.25) is 9.78 Å². The molecule has 2 aromatic rings. The summed E-state index contributed by atoms with van der Waals surface area (Å²) in [5, 5.41) is 2.90. The third-order valence-electron chi connectivity index (χ3n) is 2.96. The summed E-state index contributed by atoms with van der Waals surface area (Å²) in [6, 6.07) is 11.8. The highest BCUT2D eigenvalue weighted by Crippen LogP contribution is 2.07. The van der Waals surface area contributed by atoms with Crippen molar-refractivity contribution in [2.24, 2.45) is 0 Å². The van der Waals surface area contributed by atoms with Crippen molar-refractivity contribution in [2.45, 2.75) is 26.3 Å². The Labute approximate surface area is 113 Å². The average molecular weight is 254 g/mol. The Morgan fingerprint density at radius 1 is 1.05 bits per heavy atom. The van der Waals surface area contributed by atoms with Crippen molar-refractivity contribution in [1.82, 2.24) is 10.3 Å². The van der Waals surface area contributed by atoms with Gasteiger partial charge in [-0.2, -0.15) is 0 Å². The fraction of sp³-hybridized carbons (Fsp3) is 0.250. The van der Waals surface area contributed by atoms with Gasteiger partial charge in [-0.15, -0.1) is 0 Å². The van der Waals surface area contributed by atoms with Crippen molar-refractivity contribution in [3.8, 4) is 0 Å². The molecule has 3 heteroatoms. The molecule has 0 radical (unpaired) electrons. The highest BCUT2D eigenvalue weighted by atomic mass is 16.1. The zero-order valence-electron chi connectivity index (χ0n) is 11.1. The molecular weight excluding hydrogens is 236 g/mol. The lowest BCUT2D eigenvalue weighted by atomic mass is 10.1. The van der Waals surface area contributed by atoms with Gasteiger partial charge in [-0.25, -0.2) is 0 Å². The van der Waals surface area contributed by atoms with Crippen LogP contribution in [0.1, 0.15) is 34.8 Å². The smallest absolute Gasteiger partial charge is 0.251 e. The molecule has 0 saturated heterocycles. The van der Waals surface area contributed by atoms with Crippen LogP contribution < -0.4 is 5.32 Å². The van der Waals surface area contributed by atoms with E-state index < -0.39 is 0 Å². The lowest BCUT2D eigenvalue weighted by Gasteiger charge is -2.06. The molecule has 1 aromatic heterocycles. The first kappa shape index (κ1) is 13.3. The van der Waals surface area contributed by atoms with Crippen LogP contribution in [-0.4, -0.2) is 10.9 Å². The van der Waals surface area contributed by atoms with Gasteiger partial charge in [-0.1, -0.05) is 37.6 Å². The quantitative estimate of drug-likeness (QED) is 0.891. The molecule has 0 atom stereocenters. The summed E-state index contributed by atoms with van der Waals surface area (Å²) in [5.41, 5.74) is 3.09. The van der Waals surface area contributed by atoms with Crippen LogP contribution >= 0.6 is 0 Å². The molecule has 0 aliphatic heterocycles. The van der Waals surface area contributed by atoms with E-state index in [1.807, 2.05) is 0 Å². The zero-order chi connectivity index (χ0) is 13.5. The van der Waals surface area contributed by atoms with Gasteiger partial charge < -0.3 is 5.32 Å². The summed E-state index contributed by atoms with van der Waals surface area (Å²) >= 11 is 0. The number of aromatic nitrogens is 1. The van der Waals surface area contributed by atoms with Crippen LogP contribution in [-0.2, 0) is 13.0 Å². The van der Waals surface area contributed by atoms with Gasteiger partial charge in [0.25, 0.3) is 5.91 Å². The highest BCUT2D eigenvalue weighted by molar-refractivity contribution is 5.93. The molecular formula is C16H18N2O. The fourth-order valence-corrected chi connectivity index (χ4v) is 1.90. The Balaban J connectivity index is 1.90. The lowest BCUT2D eigenvalue weighted by molar-refractivity contribution is 0.0951. The number of aryl methyl sites for hydroxylation is 1. The Kier molecular flexibility index (Phi) is 4.67. The van der Waals surface area contributed by atoms with E-state index >= 15 is 0 Å². The second-order valence-electron chi connectivity index (χ2n) is 4.49. The van der Waals surface area contributed by atoms with Crippen molar-refractivity contribution in [1.29, 1.82) is 0 Å². The number of hydrogen-bond donors (Lipinski definition) is 1. The van der Waals surface area contributed by atoms with E-state index in [4.69, 9.17) is 0 Å². The number of carbonyl (C=O) groups is 1. The van der Waals surface area contributed by atoms with Gasteiger partial charge in [0, 0.05) is 24.5 Å². The maximum Gasteiger partial charge on any atom is 0.251 e. The summed E-state index contributed by atoms with van der Waals surface area (Å²) in [4.78, 5) is 15.7. The van der Waals surface area contributed by atoms with Crippen molar-refractivity contribution < 1.29 is 4.79 Å². The van der Waals surface area contributed by atoms with Crippen molar-refractivity contribution in [2.75, 3.05) is 0 Å². The molecule has 19 heavy (non-hydrogen) atoms. The van der Waals surface area contributed by atoms with Gasteiger partial charge in [0.1, 0.15) is 0 Å². The monoisotopic (exact) mass is 254 g/mol. The van der Waals surface area contributed by atoms with Gasteiger partial charge >= 0.3 is 0 Å². The van der Waals surface area contributed by atoms with E-state index in [1.165, 1.54) is 5.56 Å². The molecule has 0 bridgehead atoms. The summed E-state index contributed by atoms with van der Waals surface area (Å²) in [6.07, 6.45) is 5.49. The molecule has 0 spiro atoms. The molecule has 1 aromatic carbocycles. The second-order valence-corrected chi connectivity index (χ2v) is 4.49. The number of nitrogens with one attached hydrogen (secondary N) is 1. The second kappa shape index (κ2) is 6.69. The van der Waals surface area contributed by atoms with Crippen molar-refractivity contribution in [3.63, 3.8) is 0 Å². The van der Waals surface area contributed by atoms with E-state index in [1.54, 1.807) is 24.5 Å². The SMILES string of the molecule is CCCc1ccc(CNC(=O)c2ccncc2)cc1. The van der Waals surface area contributed by atoms with Crippen LogP contribution in [0.2, 0.25) is 0 Å². The molecule has 3 nitrogen and oxygen atoms in total. The lowest BCUT2D eigenvalue weighted by Crippen LogP contribution is -2.22. The topological polar surface area (TPSA) is 42.0 Å². The average Bonchev–Trinajstić information content (AvgIpc) is 2.47. The Morgan fingerprint density at radius 2 is 1.68 bits per heavy atom. The first-order valence-electron chi connectivity index (χ1n) is 6.55. The van der Waals surface area contributed by atoms with Gasteiger partial charge in [0.2, 0.25) is 0 Å². The predicted octanol–water partition coefficient (Wildman–Crippen LogP) is 2.96. The zero-order valence-corrected chi connectivity index (χ0v) is 11.1. The largest absolute Gasteiger partial charge is 0.348 e. The highest BCUT2D eigenvalue weighted by Gasteiger charge is 2.03. The molecule has 98 valence electrons. The molecule has 0 saturated carbocycles. The third-order valence-corrected chi connectivity index (χ3v) is 2.96. The molecule has 1 heterocycles. The van der Waals surface area contributed by atoms with E-state index in [0.29, 0.717) is 12.1 Å². The van der Waals surface area contributed by atoms with Crippen LogP contribution in [0.5, 0.6) is 0 Å². The fourth-order valence-electron chi connectivity index (χ4n) is 1.90. The Morgan fingerprint density at radius 3 is 2.32 bits per heavy atom. The minimum absolute atomic E-state index is 0.0694. The van der Waals surface area contributed by atoms with E-state index in [0.717, 1.165) is 18.4 Å². The first-order chi connectivity index (χ1) is 9.29. The number of benzene rings is 1. The third kappa shape index (κ3) is 3.91. The van der Waals surface area contributed by atoms with Crippen LogP contribution in [0.3, 0.4) is 0 Å². The summed E-state index contributed by atoms with van der Waals surface area (Å²) in [6.45, 7) is 2.72. The van der Waals surface area contributed by atoms with E-state index in [2.05, 4.69) is 41.5 Å². The molecule has 1 N–H and O–H groups in total. The molecule has 0 aliphatic rings. The minimum Gasteiger partial charge on any atom is -0.348 e. The summed E-state index contributed by atoms with van der Waals surface area (Å²) in [7, 11) is 0. The number of pyridine rings is 1. The molecule has 1 amide bonds. The predicted molar refractivity (Wildman–Crippen MR) is 75.8 cm³/mol. The van der Waals surface area contributed by atoms with Gasteiger partial charge in [0.15, 0.2) is 0 Å². The van der Waals surface area contributed by atoms with Gasteiger partial charge in [0.05, 0.1) is 0 Å². The summed E-state index contributed by atoms with van der Waals surface area (Å²) in [5.74, 6) is -0.0694. The maximum atomic E-state index is 11.8. The number of hydrogen-bond acceptors (Lipinski definition) is 2. The molecule has 2 rings (SSSR count). The van der Waals surface area contributed by atoms with E-state index in [9.17, 15) is 4.79 Å². The Hall–Kier alpha value is -2.16. The summed E-state index contributed by atoms with van der Waals surface area (Å²) < 4.78 is 0. The number of carbonyl (C=O) groups excluding carboxylic acids is 1. The normalized spacial score (nSPS) is 10.2. The maximum absolute atomic E-state index is 11.8. The minimum atomic E-state index is -0.0694. The van der Waals surface area contributed by atoms with Crippen LogP contribution in [0, 0.1) is 0 Å². The van der Waals surface area contributed by atoms with E-state index in [-0.39, 0.29) is 5.91 Å². The van der Waals surface area contributed by atoms with Crippen LogP contribution in [0.4, 0.5) is 0 Å². The number of nitrogens with zero attached hydrogens (tertiary/aromatic N) is 1. The molecule has 0 fully saturated rings. The van der Waals surface area contributed by atoms with Gasteiger partial charge in [-0.05, 0) is 29.7 Å². The van der Waals surface area contributed by atoms with Crippen molar-refractivity contribution in [3.05, 3.63) is 65.5 Å². The van der Waals surface area contributed by atoms with Crippen molar-refractivity contribution >= 4 is 5.91 Å². The van der Waals surface area contributed by atoms with Crippen LogP contribution in [0.25, 0.3) is 0 Å². The molecule has 0 aliphatic carbocycles.